The van der Waals surface area contributed by atoms with Crippen LogP contribution in [0.3, 0.4) is 0 Å². The number of phenolic OH excluding ortho intramolecular Hbond substituents is 1. The van der Waals surface area contributed by atoms with E-state index in [4.69, 9.17) is 18.7 Å². The molecule has 0 aliphatic rings. The molecule has 0 saturated heterocycles. The number of benzene rings is 2. The van der Waals surface area contributed by atoms with Crippen LogP contribution in [0.5, 0.6) is 17.2 Å². The smallest absolute Gasteiger partial charge is 0.342 e. The van der Waals surface area contributed by atoms with Crippen LogP contribution in [0.1, 0.15) is 23.2 Å². The van der Waals surface area contributed by atoms with Crippen molar-refractivity contribution in [1.82, 2.24) is 10.1 Å². The SMILES string of the molecule is CCOc1ccccc1-c1noc(COC(=O)c2cccc(OC)c2O)n1. The Kier molecular flexibility index (Phi) is 5.55. The molecule has 140 valence electrons. The number of aromatic hydroxyl groups is 1. The lowest BCUT2D eigenvalue weighted by Gasteiger charge is -2.07. The molecule has 3 rings (SSSR count). The molecular weight excluding hydrogens is 352 g/mol. The van der Waals surface area contributed by atoms with Crippen LogP contribution in [0.15, 0.2) is 47.0 Å². The van der Waals surface area contributed by atoms with Crippen molar-refractivity contribution < 1.29 is 28.6 Å². The van der Waals surface area contributed by atoms with Gasteiger partial charge in [-0.2, -0.15) is 4.98 Å². The molecule has 0 saturated carbocycles. The minimum absolute atomic E-state index is 0.0178. The van der Waals surface area contributed by atoms with E-state index >= 15 is 0 Å². The highest BCUT2D eigenvalue weighted by Gasteiger charge is 2.18. The summed E-state index contributed by atoms with van der Waals surface area (Å²) in [6.07, 6.45) is 0. The average Bonchev–Trinajstić information content (AvgIpc) is 3.16. The topological polar surface area (TPSA) is 104 Å². The highest BCUT2D eigenvalue weighted by molar-refractivity contribution is 5.93. The molecule has 0 atom stereocenters. The molecule has 8 nitrogen and oxygen atoms in total. The van der Waals surface area contributed by atoms with Gasteiger partial charge in [0.25, 0.3) is 5.89 Å². The number of rotatable bonds is 7. The van der Waals surface area contributed by atoms with Gasteiger partial charge in [0.05, 0.1) is 19.3 Å². The van der Waals surface area contributed by atoms with Gasteiger partial charge in [-0.05, 0) is 31.2 Å². The van der Waals surface area contributed by atoms with Crippen molar-refractivity contribution in [3.8, 4) is 28.6 Å². The van der Waals surface area contributed by atoms with Gasteiger partial charge in [-0.15, -0.1) is 0 Å². The van der Waals surface area contributed by atoms with Crippen LogP contribution >= 0.6 is 0 Å². The molecule has 0 aliphatic heterocycles. The first-order chi connectivity index (χ1) is 13.1. The lowest BCUT2D eigenvalue weighted by molar-refractivity contribution is 0.0426. The second-order valence-corrected chi connectivity index (χ2v) is 5.37. The number of hydrogen-bond acceptors (Lipinski definition) is 8. The van der Waals surface area contributed by atoms with Gasteiger partial charge in [-0.25, -0.2) is 4.79 Å². The van der Waals surface area contributed by atoms with E-state index in [0.29, 0.717) is 23.7 Å². The number of carbonyl (C=O) groups is 1. The van der Waals surface area contributed by atoms with Crippen molar-refractivity contribution in [2.45, 2.75) is 13.5 Å². The zero-order valence-corrected chi connectivity index (χ0v) is 14.8. The normalized spacial score (nSPS) is 10.4. The molecule has 0 bridgehead atoms. The summed E-state index contributed by atoms with van der Waals surface area (Å²) in [5.41, 5.74) is 0.655. The number of phenols is 1. The van der Waals surface area contributed by atoms with E-state index in [0.717, 1.165) is 0 Å². The predicted molar refractivity (Wildman–Crippen MR) is 94.7 cm³/mol. The van der Waals surface area contributed by atoms with Gasteiger partial charge in [0.2, 0.25) is 5.82 Å². The van der Waals surface area contributed by atoms with Crippen LogP contribution in [0.25, 0.3) is 11.4 Å². The minimum Gasteiger partial charge on any atom is -0.504 e. The maximum atomic E-state index is 12.2. The van der Waals surface area contributed by atoms with Crippen molar-refractivity contribution >= 4 is 5.97 Å². The van der Waals surface area contributed by atoms with Gasteiger partial charge in [0.15, 0.2) is 18.1 Å². The molecule has 1 N–H and O–H groups in total. The minimum atomic E-state index is -0.735. The summed E-state index contributed by atoms with van der Waals surface area (Å²) in [5.74, 6) is 0.229. The molecule has 2 aromatic carbocycles. The monoisotopic (exact) mass is 370 g/mol. The maximum absolute atomic E-state index is 12.2. The first-order valence-corrected chi connectivity index (χ1v) is 8.22. The number of hydrogen-bond donors (Lipinski definition) is 1. The highest BCUT2D eigenvalue weighted by atomic mass is 16.6. The van der Waals surface area contributed by atoms with E-state index in [9.17, 15) is 9.90 Å². The molecule has 8 heteroatoms. The van der Waals surface area contributed by atoms with Crippen molar-refractivity contribution in [2.75, 3.05) is 13.7 Å². The summed E-state index contributed by atoms with van der Waals surface area (Å²) in [6, 6.07) is 11.8. The van der Waals surface area contributed by atoms with E-state index in [1.807, 2.05) is 19.1 Å². The number of esters is 1. The Labute approximate surface area is 155 Å². The molecule has 1 aromatic heterocycles. The molecule has 0 spiro atoms. The summed E-state index contributed by atoms with van der Waals surface area (Å²) in [5, 5.41) is 13.9. The number of ether oxygens (including phenoxy) is 3. The fourth-order valence-corrected chi connectivity index (χ4v) is 2.41. The summed E-state index contributed by atoms with van der Waals surface area (Å²) >= 11 is 0. The van der Waals surface area contributed by atoms with Gasteiger partial charge in [0, 0.05) is 0 Å². The molecule has 1 heterocycles. The number of nitrogens with zero attached hydrogens (tertiary/aromatic N) is 2. The van der Waals surface area contributed by atoms with Crippen LogP contribution < -0.4 is 9.47 Å². The van der Waals surface area contributed by atoms with E-state index < -0.39 is 5.97 Å². The van der Waals surface area contributed by atoms with Gasteiger partial charge in [0.1, 0.15) is 11.3 Å². The molecule has 0 unspecified atom stereocenters. The summed E-state index contributed by atoms with van der Waals surface area (Å²) in [7, 11) is 1.39. The van der Waals surface area contributed by atoms with Crippen molar-refractivity contribution in [2.24, 2.45) is 0 Å². The maximum Gasteiger partial charge on any atom is 0.342 e. The third kappa shape index (κ3) is 4.00. The molecular formula is C19H18N2O6. The number of aromatic nitrogens is 2. The summed E-state index contributed by atoms with van der Waals surface area (Å²) in [6.45, 7) is 2.15. The number of carbonyl (C=O) groups excluding carboxylic acids is 1. The zero-order valence-electron chi connectivity index (χ0n) is 14.8. The van der Waals surface area contributed by atoms with Crippen LogP contribution in [0, 0.1) is 0 Å². The fraction of sp³-hybridized carbons (Fsp3) is 0.211. The van der Waals surface area contributed by atoms with E-state index in [1.165, 1.54) is 19.2 Å². The Balaban J connectivity index is 1.71. The predicted octanol–water partition coefficient (Wildman–Crippen LogP) is 3.21. The van der Waals surface area contributed by atoms with E-state index in [-0.39, 0.29) is 29.6 Å². The zero-order chi connectivity index (χ0) is 19.2. The van der Waals surface area contributed by atoms with Crippen LogP contribution in [0.2, 0.25) is 0 Å². The molecule has 27 heavy (non-hydrogen) atoms. The van der Waals surface area contributed by atoms with Crippen LogP contribution in [-0.4, -0.2) is 34.9 Å². The second-order valence-electron chi connectivity index (χ2n) is 5.37. The van der Waals surface area contributed by atoms with Crippen molar-refractivity contribution in [3.05, 3.63) is 53.9 Å². The van der Waals surface area contributed by atoms with Gasteiger partial charge in [-0.3, -0.25) is 0 Å². The van der Waals surface area contributed by atoms with E-state index in [2.05, 4.69) is 10.1 Å². The summed E-state index contributed by atoms with van der Waals surface area (Å²) < 4.78 is 20.8. The largest absolute Gasteiger partial charge is 0.504 e. The number of para-hydroxylation sites is 2. The highest BCUT2D eigenvalue weighted by Crippen LogP contribution is 2.30. The first-order valence-electron chi connectivity index (χ1n) is 8.22. The van der Waals surface area contributed by atoms with Crippen LogP contribution in [-0.2, 0) is 11.3 Å². The van der Waals surface area contributed by atoms with Gasteiger partial charge in [-0.1, -0.05) is 23.4 Å². The lowest BCUT2D eigenvalue weighted by atomic mass is 10.2. The first kappa shape index (κ1) is 18.2. The molecule has 3 aromatic rings. The third-order valence-corrected chi connectivity index (χ3v) is 3.66. The standard InChI is InChI=1S/C19H18N2O6/c1-3-25-14-9-5-4-7-12(14)18-20-16(27-21-18)11-26-19(23)13-8-6-10-15(24-2)17(13)22/h4-10,22H,3,11H2,1-2H3. The quantitative estimate of drug-likeness (QED) is 0.632. The molecule has 0 radical (unpaired) electrons. The Hall–Kier alpha value is -3.55. The average molecular weight is 370 g/mol. The second kappa shape index (κ2) is 8.22. The molecule has 0 aliphatic carbocycles. The summed E-state index contributed by atoms with van der Waals surface area (Å²) in [4.78, 5) is 16.4. The van der Waals surface area contributed by atoms with Crippen molar-refractivity contribution in [3.63, 3.8) is 0 Å². The van der Waals surface area contributed by atoms with Crippen LogP contribution in [0.4, 0.5) is 0 Å². The Bertz CT molecular complexity index is 937. The molecule has 0 amide bonds. The number of methoxy groups -OCH3 is 1. The van der Waals surface area contributed by atoms with E-state index in [1.54, 1.807) is 18.2 Å². The Morgan fingerprint density at radius 1 is 1.15 bits per heavy atom. The Morgan fingerprint density at radius 3 is 2.70 bits per heavy atom. The third-order valence-electron chi connectivity index (χ3n) is 3.66. The van der Waals surface area contributed by atoms with Gasteiger partial charge < -0.3 is 23.8 Å². The lowest BCUT2D eigenvalue weighted by Crippen LogP contribution is -2.06. The fourth-order valence-electron chi connectivity index (χ4n) is 2.41. The van der Waals surface area contributed by atoms with Gasteiger partial charge >= 0.3 is 5.97 Å². The molecule has 0 fully saturated rings. The Morgan fingerprint density at radius 2 is 1.93 bits per heavy atom. The van der Waals surface area contributed by atoms with Crippen molar-refractivity contribution in [1.29, 1.82) is 0 Å².